The number of Topliss-reactive ketones (excluding diaryl/α,β-unsaturated/α-hetero) is 2. The van der Waals surface area contributed by atoms with E-state index >= 15 is 0 Å². The van der Waals surface area contributed by atoms with E-state index in [9.17, 15) is 19.7 Å². The smallest absolute Gasteiger partial charge is 0.269 e. The number of piperidine rings is 1. The number of ketones is 2. The van der Waals surface area contributed by atoms with E-state index in [0.29, 0.717) is 24.9 Å². The maximum Gasteiger partial charge on any atom is 0.269 e. The van der Waals surface area contributed by atoms with E-state index in [-0.39, 0.29) is 41.4 Å². The summed E-state index contributed by atoms with van der Waals surface area (Å²) < 4.78 is 6.30. The van der Waals surface area contributed by atoms with E-state index in [2.05, 4.69) is 9.88 Å². The van der Waals surface area contributed by atoms with Crippen LogP contribution in [0, 0.1) is 16.0 Å². The fraction of sp³-hybridized carbons (Fsp3) is 0.375. The molecule has 2 aliphatic carbocycles. The molecule has 0 radical (unpaired) electrons. The Bertz CT molecular complexity index is 1190. The van der Waals surface area contributed by atoms with Crippen LogP contribution >= 0.6 is 0 Å². The Morgan fingerprint density at radius 2 is 1.97 bits per heavy atom. The Morgan fingerprint density at radius 1 is 1.16 bits per heavy atom. The molecule has 0 spiro atoms. The average Bonchev–Trinajstić information content (AvgIpc) is 3.10. The molecule has 1 aromatic carbocycles. The molecule has 3 heterocycles. The first kappa shape index (κ1) is 19.3. The van der Waals surface area contributed by atoms with Crippen LogP contribution in [0.15, 0.2) is 53.9 Å². The van der Waals surface area contributed by atoms with Gasteiger partial charge < -0.3 is 4.74 Å². The van der Waals surface area contributed by atoms with E-state index in [1.54, 1.807) is 24.4 Å². The maximum absolute atomic E-state index is 13.4. The van der Waals surface area contributed by atoms with Gasteiger partial charge in [-0.1, -0.05) is 12.1 Å². The zero-order valence-corrected chi connectivity index (χ0v) is 17.3. The van der Waals surface area contributed by atoms with Crippen molar-refractivity contribution in [2.45, 2.75) is 50.4 Å². The highest BCUT2D eigenvalue weighted by Crippen LogP contribution is 2.52. The van der Waals surface area contributed by atoms with Gasteiger partial charge >= 0.3 is 0 Å². The first-order chi connectivity index (χ1) is 15.5. The molecule has 4 atom stereocenters. The lowest BCUT2D eigenvalue weighted by Gasteiger charge is -2.51. The minimum Gasteiger partial charge on any atom is -0.493 e. The number of nitro benzene ring substituents is 1. The number of benzene rings is 1. The van der Waals surface area contributed by atoms with Crippen LogP contribution in [0.5, 0.6) is 0 Å². The minimum atomic E-state index is -0.419. The number of allylic oxidation sites excluding steroid dienone is 1. The molecule has 162 valence electrons. The number of hydrogen-bond acceptors (Lipinski definition) is 7. The molecule has 0 saturated carbocycles. The molecule has 2 bridgehead atoms. The topological polar surface area (TPSA) is 103 Å². The Kier molecular flexibility index (Phi) is 4.26. The fourth-order valence-corrected chi connectivity index (χ4v) is 5.84. The number of rotatable bonds is 3. The van der Waals surface area contributed by atoms with Gasteiger partial charge in [-0.25, -0.2) is 0 Å². The number of carbonyl (C=O) groups is 2. The standard InChI is InChI=1S/C24H21N3O5/c28-17-4-1-5-18-20(17)16-11-19(32-18)21-23(22-15(24(21)29)3-2-10-25-22)26(16)12-13-6-8-14(9-7-13)27(30)31/h2-3,6-10,16,19,21,23H,1,4-5,11-12H2. The van der Waals surface area contributed by atoms with Crippen LogP contribution in [0.3, 0.4) is 0 Å². The molecule has 4 unspecified atom stereocenters. The van der Waals surface area contributed by atoms with Crippen molar-refractivity contribution in [3.05, 3.63) is 80.9 Å². The zero-order chi connectivity index (χ0) is 22.0. The first-order valence-corrected chi connectivity index (χ1v) is 10.9. The lowest BCUT2D eigenvalue weighted by molar-refractivity contribution is -0.384. The Hall–Kier alpha value is -3.39. The number of aromatic nitrogens is 1. The largest absolute Gasteiger partial charge is 0.493 e. The quantitative estimate of drug-likeness (QED) is 0.541. The molecule has 1 aromatic heterocycles. The van der Waals surface area contributed by atoms with Crippen molar-refractivity contribution in [3.63, 3.8) is 0 Å². The summed E-state index contributed by atoms with van der Waals surface area (Å²) in [5.74, 6) is 0.528. The van der Waals surface area contributed by atoms with Crippen LogP contribution < -0.4 is 0 Å². The molecule has 1 saturated heterocycles. The molecule has 4 aliphatic rings. The minimum absolute atomic E-state index is 0.0342. The van der Waals surface area contributed by atoms with E-state index < -0.39 is 4.92 Å². The molecular weight excluding hydrogens is 410 g/mol. The van der Waals surface area contributed by atoms with Crippen molar-refractivity contribution in [2.75, 3.05) is 0 Å². The highest BCUT2D eigenvalue weighted by Gasteiger charge is 2.57. The van der Waals surface area contributed by atoms with Gasteiger partial charge in [0.1, 0.15) is 11.9 Å². The van der Waals surface area contributed by atoms with Crippen LogP contribution in [-0.2, 0) is 16.1 Å². The summed E-state index contributed by atoms with van der Waals surface area (Å²) in [5, 5.41) is 11.1. The highest BCUT2D eigenvalue weighted by atomic mass is 16.6. The van der Waals surface area contributed by atoms with Gasteiger partial charge in [0.05, 0.1) is 28.2 Å². The number of hydrogen-bond donors (Lipinski definition) is 0. The number of nitrogens with zero attached hydrogens (tertiary/aromatic N) is 3. The fourth-order valence-electron chi connectivity index (χ4n) is 5.84. The lowest BCUT2D eigenvalue weighted by atomic mass is 9.76. The molecule has 32 heavy (non-hydrogen) atoms. The van der Waals surface area contributed by atoms with Crippen molar-refractivity contribution in [1.82, 2.24) is 9.88 Å². The first-order valence-electron chi connectivity index (χ1n) is 10.9. The third-order valence-corrected chi connectivity index (χ3v) is 7.19. The SMILES string of the molecule is O=C1CCCC2=C1C1CC(O2)C2C(=O)c3cccnc3C2N1Cc1ccc([N+](=O)[O-])cc1. The van der Waals surface area contributed by atoms with Crippen LogP contribution in [0.1, 0.15) is 53.3 Å². The number of ether oxygens (including phenoxy) is 1. The second-order valence-electron chi connectivity index (χ2n) is 8.89. The summed E-state index contributed by atoms with van der Waals surface area (Å²) in [7, 11) is 0. The third-order valence-electron chi connectivity index (χ3n) is 7.19. The molecule has 2 aliphatic heterocycles. The summed E-state index contributed by atoms with van der Waals surface area (Å²) >= 11 is 0. The summed E-state index contributed by atoms with van der Waals surface area (Å²) in [5.41, 5.74) is 3.02. The summed E-state index contributed by atoms with van der Waals surface area (Å²) in [4.78, 5) is 43.7. The van der Waals surface area contributed by atoms with Gasteiger partial charge in [-0.2, -0.15) is 0 Å². The number of fused-ring (bicyclic) bond motifs is 7. The van der Waals surface area contributed by atoms with E-state index in [0.717, 1.165) is 35.4 Å². The van der Waals surface area contributed by atoms with Crippen molar-refractivity contribution >= 4 is 17.3 Å². The number of nitro groups is 1. The second kappa shape index (κ2) is 7.06. The van der Waals surface area contributed by atoms with Crippen LogP contribution in [0.4, 0.5) is 5.69 Å². The van der Waals surface area contributed by atoms with Gasteiger partial charge in [-0.05, 0) is 24.1 Å². The van der Waals surface area contributed by atoms with E-state index in [4.69, 9.17) is 4.74 Å². The van der Waals surface area contributed by atoms with E-state index in [1.165, 1.54) is 12.1 Å². The van der Waals surface area contributed by atoms with Crippen molar-refractivity contribution in [3.8, 4) is 0 Å². The molecule has 0 amide bonds. The molecular formula is C24H21N3O5. The van der Waals surface area contributed by atoms with Gasteiger partial charge in [-0.3, -0.25) is 29.6 Å². The number of pyridine rings is 1. The number of likely N-dealkylation sites (tertiary alicyclic amines) is 1. The van der Waals surface area contributed by atoms with E-state index in [1.807, 2.05) is 6.07 Å². The second-order valence-corrected chi connectivity index (χ2v) is 8.89. The summed E-state index contributed by atoms with van der Waals surface area (Å²) in [6.07, 6.45) is 4.00. The predicted octanol–water partition coefficient (Wildman–Crippen LogP) is 3.52. The van der Waals surface area contributed by atoms with Crippen molar-refractivity contribution in [2.24, 2.45) is 5.92 Å². The predicted molar refractivity (Wildman–Crippen MR) is 113 cm³/mol. The van der Waals surface area contributed by atoms with Gasteiger partial charge in [0.2, 0.25) is 0 Å². The maximum atomic E-state index is 13.4. The summed E-state index contributed by atoms with van der Waals surface area (Å²) in [6.45, 7) is 0.462. The molecule has 2 aromatic rings. The van der Waals surface area contributed by atoms with Gasteiger partial charge in [-0.15, -0.1) is 0 Å². The van der Waals surface area contributed by atoms with Gasteiger partial charge in [0.15, 0.2) is 11.6 Å². The zero-order valence-electron chi connectivity index (χ0n) is 17.3. The molecule has 8 nitrogen and oxygen atoms in total. The van der Waals surface area contributed by atoms with Gasteiger partial charge in [0, 0.05) is 55.7 Å². The monoisotopic (exact) mass is 431 g/mol. The molecule has 1 fully saturated rings. The highest BCUT2D eigenvalue weighted by molar-refractivity contribution is 6.03. The van der Waals surface area contributed by atoms with Crippen LogP contribution in [-0.4, -0.2) is 38.5 Å². The third kappa shape index (κ3) is 2.75. The Labute approximate surface area is 184 Å². The number of carbonyl (C=O) groups excluding carboxylic acids is 2. The molecule has 6 rings (SSSR count). The van der Waals surface area contributed by atoms with Crippen LogP contribution in [0.2, 0.25) is 0 Å². The average molecular weight is 431 g/mol. The lowest BCUT2D eigenvalue weighted by Crippen LogP contribution is -2.56. The van der Waals surface area contributed by atoms with Crippen LogP contribution in [0.25, 0.3) is 0 Å². The molecule has 0 N–H and O–H groups in total. The molecule has 8 heteroatoms. The Morgan fingerprint density at radius 3 is 2.75 bits per heavy atom. The summed E-state index contributed by atoms with van der Waals surface area (Å²) in [6, 6.07) is 9.61. The Balaban J connectivity index is 1.46. The van der Waals surface area contributed by atoms with Crippen molar-refractivity contribution in [1.29, 1.82) is 0 Å². The number of non-ortho nitro benzene ring substituents is 1. The van der Waals surface area contributed by atoms with Crippen molar-refractivity contribution < 1.29 is 19.2 Å². The normalized spacial score (nSPS) is 28.6. The van der Waals surface area contributed by atoms with Gasteiger partial charge in [0.25, 0.3) is 5.69 Å².